The Kier molecular flexibility index (Phi) is 5.13. The van der Waals surface area contributed by atoms with E-state index in [1.54, 1.807) is 4.90 Å². The Hall–Kier alpha value is -1.18. The summed E-state index contributed by atoms with van der Waals surface area (Å²) in [6.45, 7) is 1.28. The van der Waals surface area contributed by atoms with E-state index < -0.39 is 15.8 Å². The average Bonchev–Trinajstić information content (AvgIpc) is 3.11. The number of nitrogens with zero attached hydrogens (tertiary/aromatic N) is 2. The summed E-state index contributed by atoms with van der Waals surface area (Å²) < 4.78 is 39.8. The average molecular weight is 375 g/mol. The molecule has 2 aliphatic rings. The van der Waals surface area contributed by atoms with Gasteiger partial charge in [0.1, 0.15) is 5.82 Å². The molecular weight excluding hydrogens is 355 g/mol. The van der Waals surface area contributed by atoms with Gasteiger partial charge < -0.3 is 4.90 Å². The van der Waals surface area contributed by atoms with E-state index in [4.69, 9.17) is 11.6 Å². The first-order valence-corrected chi connectivity index (χ1v) is 9.95. The number of rotatable bonds is 3. The molecule has 1 amide bonds. The van der Waals surface area contributed by atoms with Crippen molar-refractivity contribution in [3.05, 3.63) is 29.0 Å². The number of carbonyl (C=O) groups is 1. The summed E-state index contributed by atoms with van der Waals surface area (Å²) in [5.74, 6) is -0.402. The van der Waals surface area contributed by atoms with Crippen LogP contribution >= 0.6 is 11.6 Å². The van der Waals surface area contributed by atoms with Crippen molar-refractivity contribution in [3.63, 3.8) is 0 Å². The molecule has 132 valence electrons. The van der Waals surface area contributed by atoms with Gasteiger partial charge in [0.15, 0.2) is 0 Å². The predicted octanol–water partition coefficient (Wildman–Crippen LogP) is 2.50. The van der Waals surface area contributed by atoms with Crippen molar-refractivity contribution in [2.75, 3.05) is 26.2 Å². The summed E-state index contributed by atoms with van der Waals surface area (Å²) in [7, 11) is -3.73. The lowest BCUT2D eigenvalue weighted by atomic mass is 10.1. The monoisotopic (exact) mass is 374 g/mol. The van der Waals surface area contributed by atoms with Gasteiger partial charge in [-0.1, -0.05) is 24.4 Å². The summed E-state index contributed by atoms with van der Waals surface area (Å²) in [5.41, 5.74) is 0. The number of hydrogen-bond acceptors (Lipinski definition) is 3. The van der Waals surface area contributed by atoms with Crippen molar-refractivity contribution in [3.8, 4) is 0 Å². The fourth-order valence-electron chi connectivity index (χ4n) is 3.37. The Morgan fingerprint density at radius 1 is 1.12 bits per heavy atom. The molecule has 1 saturated carbocycles. The van der Waals surface area contributed by atoms with Crippen molar-refractivity contribution in [2.24, 2.45) is 5.92 Å². The zero-order valence-electron chi connectivity index (χ0n) is 13.2. The number of hydrogen-bond donors (Lipinski definition) is 0. The molecule has 1 aliphatic heterocycles. The summed E-state index contributed by atoms with van der Waals surface area (Å²) in [4.78, 5) is 14.1. The van der Waals surface area contributed by atoms with E-state index in [0.717, 1.165) is 37.8 Å². The van der Waals surface area contributed by atoms with E-state index in [0.29, 0.717) is 13.1 Å². The minimum absolute atomic E-state index is 0.0236. The van der Waals surface area contributed by atoms with E-state index in [1.165, 1.54) is 10.4 Å². The lowest BCUT2D eigenvalue weighted by Gasteiger charge is -2.35. The van der Waals surface area contributed by atoms with Gasteiger partial charge in [-0.25, -0.2) is 12.8 Å². The molecule has 8 heteroatoms. The van der Waals surface area contributed by atoms with Gasteiger partial charge >= 0.3 is 0 Å². The van der Waals surface area contributed by atoms with Crippen LogP contribution < -0.4 is 0 Å². The SMILES string of the molecule is O=C(C1CCCC1)N1CCN(S(=O)(=O)c2ccc(F)c(Cl)c2)CC1. The molecule has 0 N–H and O–H groups in total. The molecule has 5 nitrogen and oxygen atoms in total. The maximum absolute atomic E-state index is 13.2. The van der Waals surface area contributed by atoms with Gasteiger partial charge in [0, 0.05) is 32.1 Å². The summed E-state index contributed by atoms with van der Waals surface area (Å²) in [6.07, 6.45) is 4.06. The van der Waals surface area contributed by atoms with Gasteiger partial charge in [0.25, 0.3) is 0 Å². The Bertz CT molecular complexity index is 727. The molecular formula is C16H20ClFN2O3S. The number of carbonyl (C=O) groups excluding carboxylic acids is 1. The van der Waals surface area contributed by atoms with Crippen molar-refractivity contribution in [1.82, 2.24) is 9.21 Å². The summed E-state index contributed by atoms with van der Waals surface area (Å²) in [5, 5.41) is -0.217. The molecule has 0 aromatic heterocycles. The Morgan fingerprint density at radius 2 is 1.75 bits per heavy atom. The largest absolute Gasteiger partial charge is 0.340 e. The van der Waals surface area contributed by atoms with Crippen molar-refractivity contribution in [2.45, 2.75) is 30.6 Å². The maximum Gasteiger partial charge on any atom is 0.243 e. The molecule has 1 aliphatic carbocycles. The van der Waals surface area contributed by atoms with Crippen LogP contribution in [0.15, 0.2) is 23.1 Å². The van der Waals surface area contributed by atoms with Gasteiger partial charge in [0.2, 0.25) is 15.9 Å². The lowest BCUT2D eigenvalue weighted by Crippen LogP contribution is -2.51. The van der Waals surface area contributed by atoms with Crippen molar-refractivity contribution >= 4 is 27.5 Å². The molecule has 3 rings (SSSR count). The first kappa shape index (κ1) is 17.6. The molecule has 1 aromatic carbocycles. The molecule has 0 bridgehead atoms. The van der Waals surface area contributed by atoms with Crippen LogP contribution in [0.25, 0.3) is 0 Å². The molecule has 1 aromatic rings. The van der Waals surface area contributed by atoms with Crippen LogP contribution in [-0.2, 0) is 14.8 Å². The molecule has 0 spiro atoms. The first-order valence-electron chi connectivity index (χ1n) is 8.13. The number of halogens is 2. The van der Waals surface area contributed by atoms with Crippen LogP contribution in [-0.4, -0.2) is 49.7 Å². The Balaban J connectivity index is 1.67. The zero-order chi connectivity index (χ0) is 17.3. The standard InChI is InChI=1S/C16H20ClFN2O3S/c17-14-11-13(5-6-15(14)18)24(22,23)20-9-7-19(8-10-20)16(21)12-3-1-2-4-12/h5-6,11-12H,1-4,7-10H2. The van der Waals surface area contributed by atoms with Crippen LogP contribution in [0.4, 0.5) is 4.39 Å². The van der Waals surface area contributed by atoms with Crippen molar-refractivity contribution in [1.29, 1.82) is 0 Å². The third-order valence-electron chi connectivity index (χ3n) is 4.78. The van der Waals surface area contributed by atoms with Gasteiger partial charge in [0.05, 0.1) is 9.92 Å². The Labute approximate surface area is 146 Å². The highest BCUT2D eigenvalue weighted by atomic mass is 35.5. The van der Waals surface area contributed by atoms with Crippen LogP contribution in [0.5, 0.6) is 0 Å². The minimum Gasteiger partial charge on any atom is -0.340 e. The van der Waals surface area contributed by atoms with Crippen LogP contribution in [0, 0.1) is 11.7 Å². The summed E-state index contributed by atoms with van der Waals surface area (Å²) in [6, 6.07) is 3.39. The molecule has 24 heavy (non-hydrogen) atoms. The second kappa shape index (κ2) is 6.98. The molecule has 0 atom stereocenters. The smallest absolute Gasteiger partial charge is 0.243 e. The van der Waals surface area contributed by atoms with Crippen LogP contribution in [0.3, 0.4) is 0 Å². The van der Waals surface area contributed by atoms with Gasteiger partial charge in [-0.3, -0.25) is 4.79 Å². The zero-order valence-corrected chi connectivity index (χ0v) is 14.8. The summed E-state index contributed by atoms with van der Waals surface area (Å²) >= 11 is 5.69. The van der Waals surface area contributed by atoms with E-state index in [1.807, 2.05) is 0 Å². The van der Waals surface area contributed by atoms with Gasteiger partial charge in [-0.15, -0.1) is 0 Å². The minimum atomic E-state index is -3.73. The number of piperazine rings is 1. The highest BCUT2D eigenvalue weighted by Crippen LogP contribution is 2.28. The fourth-order valence-corrected chi connectivity index (χ4v) is 5.06. The second-order valence-electron chi connectivity index (χ2n) is 6.29. The topological polar surface area (TPSA) is 57.7 Å². The molecule has 0 unspecified atom stereocenters. The second-order valence-corrected chi connectivity index (χ2v) is 8.63. The maximum atomic E-state index is 13.2. The molecule has 0 radical (unpaired) electrons. The van der Waals surface area contributed by atoms with E-state index >= 15 is 0 Å². The quantitative estimate of drug-likeness (QED) is 0.816. The normalized spacial score (nSPS) is 20.5. The van der Waals surface area contributed by atoms with E-state index in [2.05, 4.69) is 0 Å². The predicted molar refractivity (Wildman–Crippen MR) is 88.7 cm³/mol. The Morgan fingerprint density at radius 3 is 2.33 bits per heavy atom. The van der Waals surface area contributed by atoms with E-state index in [9.17, 15) is 17.6 Å². The van der Waals surface area contributed by atoms with Crippen molar-refractivity contribution < 1.29 is 17.6 Å². The lowest BCUT2D eigenvalue weighted by molar-refractivity contribution is -0.136. The van der Waals surface area contributed by atoms with Crippen LogP contribution in [0.1, 0.15) is 25.7 Å². The fraction of sp³-hybridized carbons (Fsp3) is 0.562. The first-order chi connectivity index (χ1) is 11.4. The van der Waals surface area contributed by atoms with Gasteiger partial charge in [-0.2, -0.15) is 4.31 Å². The highest BCUT2D eigenvalue weighted by molar-refractivity contribution is 7.89. The third kappa shape index (κ3) is 3.43. The number of sulfonamides is 1. The molecule has 1 saturated heterocycles. The molecule has 1 heterocycles. The highest BCUT2D eigenvalue weighted by Gasteiger charge is 2.33. The third-order valence-corrected chi connectivity index (χ3v) is 6.97. The number of amides is 1. The van der Waals surface area contributed by atoms with E-state index in [-0.39, 0.29) is 34.8 Å². The van der Waals surface area contributed by atoms with Crippen LogP contribution in [0.2, 0.25) is 5.02 Å². The number of benzene rings is 1. The van der Waals surface area contributed by atoms with Gasteiger partial charge in [-0.05, 0) is 31.0 Å². The molecule has 2 fully saturated rings.